The smallest absolute Gasteiger partial charge is 0.234 e. The van der Waals surface area contributed by atoms with Crippen molar-refractivity contribution in [3.05, 3.63) is 60.1 Å². The Hall–Kier alpha value is -2.15. The van der Waals surface area contributed by atoms with Crippen LogP contribution in [0.15, 0.2) is 53.1 Å². The topological polar surface area (TPSA) is 66.7 Å². The molecule has 6 heteroatoms. The number of ether oxygens (including phenoxy) is 1. The van der Waals surface area contributed by atoms with Gasteiger partial charge < -0.3 is 14.5 Å². The number of amides is 1. The van der Waals surface area contributed by atoms with E-state index in [1.807, 2.05) is 42.5 Å². The molecule has 6 nitrogen and oxygen atoms in total. The maximum atomic E-state index is 12.8. The second-order valence-corrected chi connectivity index (χ2v) is 8.40. The first-order chi connectivity index (χ1) is 14.8. The van der Waals surface area contributed by atoms with Crippen molar-refractivity contribution < 1.29 is 13.9 Å². The van der Waals surface area contributed by atoms with E-state index >= 15 is 0 Å². The van der Waals surface area contributed by atoms with Crippen LogP contribution in [0.25, 0.3) is 0 Å². The Kier molecular flexibility index (Phi) is 7.20. The zero-order valence-electron chi connectivity index (χ0n) is 17.6. The van der Waals surface area contributed by atoms with Crippen molar-refractivity contribution in [3.8, 4) is 0 Å². The molecular formula is C24H33N3O3. The average Bonchev–Trinajstić information content (AvgIpc) is 3.34. The highest BCUT2D eigenvalue weighted by molar-refractivity contribution is 5.78. The van der Waals surface area contributed by atoms with Crippen LogP contribution >= 0.6 is 0 Å². The molecule has 2 heterocycles. The summed E-state index contributed by atoms with van der Waals surface area (Å²) in [4.78, 5) is 15.3. The molecule has 1 aliphatic heterocycles. The third kappa shape index (κ3) is 5.12. The summed E-state index contributed by atoms with van der Waals surface area (Å²) in [5.74, 6) is 0.840. The number of carbonyl (C=O) groups excluding carboxylic acids is 1. The summed E-state index contributed by atoms with van der Waals surface area (Å²) < 4.78 is 11.2. The third-order valence-corrected chi connectivity index (χ3v) is 6.51. The number of hydrogen-bond acceptors (Lipinski definition) is 5. The molecule has 1 aromatic heterocycles. The minimum atomic E-state index is -0.144. The maximum absolute atomic E-state index is 12.8. The summed E-state index contributed by atoms with van der Waals surface area (Å²) in [5, 5.41) is 6.61. The van der Waals surface area contributed by atoms with Crippen LogP contribution in [0, 0.1) is 0 Å². The van der Waals surface area contributed by atoms with Gasteiger partial charge in [-0.15, -0.1) is 0 Å². The Morgan fingerprint density at radius 2 is 1.80 bits per heavy atom. The first kappa shape index (κ1) is 21.1. The van der Waals surface area contributed by atoms with E-state index < -0.39 is 0 Å². The Labute approximate surface area is 179 Å². The summed E-state index contributed by atoms with van der Waals surface area (Å²) in [6.07, 6.45) is 7.74. The Morgan fingerprint density at radius 3 is 2.50 bits per heavy atom. The van der Waals surface area contributed by atoms with Crippen LogP contribution in [0.4, 0.5) is 0 Å². The number of benzene rings is 1. The first-order valence-corrected chi connectivity index (χ1v) is 11.2. The molecule has 2 N–H and O–H groups in total. The number of rotatable bonds is 8. The van der Waals surface area contributed by atoms with E-state index in [0.29, 0.717) is 6.54 Å². The third-order valence-electron chi connectivity index (χ3n) is 6.51. The van der Waals surface area contributed by atoms with Gasteiger partial charge in [-0.25, -0.2) is 0 Å². The Bertz CT molecular complexity index is 766. The molecular weight excluding hydrogens is 378 g/mol. The molecule has 30 heavy (non-hydrogen) atoms. The van der Waals surface area contributed by atoms with Gasteiger partial charge in [0, 0.05) is 25.2 Å². The van der Waals surface area contributed by atoms with Gasteiger partial charge >= 0.3 is 0 Å². The van der Waals surface area contributed by atoms with E-state index in [2.05, 4.69) is 15.5 Å². The predicted molar refractivity (Wildman–Crippen MR) is 116 cm³/mol. The number of morpholine rings is 1. The van der Waals surface area contributed by atoms with Gasteiger partial charge in [-0.2, -0.15) is 0 Å². The molecule has 1 atom stereocenters. The lowest BCUT2D eigenvalue weighted by Crippen LogP contribution is -2.60. The van der Waals surface area contributed by atoms with Crippen molar-refractivity contribution in [2.75, 3.05) is 39.4 Å². The van der Waals surface area contributed by atoms with E-state index in [-0.39, 0.29) is 24.0 Å². The second kappa shape index (κ2) is 10.2. The molecule has 2 aliphatic rings. The lowest BCUT2D eigenvalue weighted by molar-refractivity contribution is -0.121. The zero-order valence-corrected chi connectivity index (χ0v) is 17.6. The minimum absolute atomic E-state index is 0.0284. The number of furan rings is 1. The lowest BCUT2D eigenvalue weighted by atomic mass is 9.79. The van der Waals surface area contributed by atoms with Gasteiger partial charge in [0.15, 0.2) is 0 Å². The van der Waals surface area contributed by atoms with Crippen molar-refractivity contribution in [2.24, 2.45) is 0 Å². The van der Waals surface area contributed by atoms with Crippen LogP contribution in [0.3, 0.4) is 0 Å². The summed E-state index contributed by atoms with van der Waals surface area (Å²) in [6.45, 7) is 4.47. The highest BCUT2D eigenvalue weighted by Gasteiger charge is 2.38. The quantitative estimate of drug-likeness (QED) is 0.699. The summed E-state index contributed by atoms with van der Waals surface area (Å²) in [5.41, 5.74) is 1.16. The van der Waals surface area contributed by atoms with Crippen LogP contribution < -0.4 is 10.6 Å². The maximum Gasteiger partial charge on any atom is 0.234 e. The van der Waals surface area contributed by atoms with Gasteiger partial charge in [0.25, 0.3) is 0 Å². The molecule has 0 radical (unpaired) electrons. The lowest BCUT2D eigenvalue weighted by Gasteiger charge is -2.48. The van der Waals surface area contributed by atoms with Gasteiger partial charge in [-0.3, -0.25) is 15.0 Å². The summed E-state index contributed by atoms with van der Waals surface area (Å²) in [7, 11) is 0. The van der Waals surface area contributed by atoms with Crippen LogP contribution in [-0.4, -0.2) is 55.7 Å². The molecule has 2 fully saturated rings. The zero-order chi connectivity index (χ0) is 20.7. The van der Waals surface area contributed by atoms with E-state index in [1.54, 1.807) is 6.26 Å². The molecule has 2 aromatic rings. The van der Waals surface area contributed by atoms with Crippen molar-refractivity contribution in [3.63, 3.8) is 0 Å². The van der Waals surface area contributed by atoms with Gasteiger partial charge in [-0.1, -0.05) is 49.6 Å². The van der Waals surface area contributed by atoms with E-state index in [0.717, 1.165) is 50.5 Å². The normalized spacial score (nSPS) is 20.5. The largest absolute Gasteiger partial charge is 0.467 e. The highest BCUT2D eigenvalue weighted by Crippen LogP contribution is 2.33. The van der Waals surface area contributed by atoms with Crippen molar-refractivity contribution in [2.45, 2.75) is 43.7 Å². The highest BCUT2D eigenvalue weighted by atomic mass is 16.5. The molecule has 0 bridgehead atoms. The SMILES string of the molecule is O=C(CN[C@@H](c1ccccc1)c1ccco1)NCC1(N2CCOCC2)CCCCC1. The molecule has 1 aliphatic carbocycles. The average molecular weight is 412 g/mol. The fourth-order valence-corrected chi connectivity index (χ4v) is 4.86. The molecule has 1 saturated heterocycles. The summed E-state index contributed by atoms with van der Waals surface area (Å²) >= 11 is 0. The van der Waals surface area contributed by atoms with Crippen molar-refractivity contribution >= 4 is 5.91 Å². The fraction of sp³-hybridized carbons (Fsp3) is 0.542. The molecule has 0 unspecified atom stereocenters. The number of carbonyl (C=O) groups is 1. The standard InChI is InChI=1S/C24H33N3O3/c28-22(18-25-23(21-10-7-15-30-21)20-8-3-1-4-9-20)26-19-24(11-5-2-6-12-24)27-13-16-29-17-14-27/h1,3-4,7-10,15,23,25H,2,5-6,11-14,16-19H2,(H,26,28)/t23-/m0/s1. The van der Waals surface area contributed by atoms with E-state index in [4.69, 9.17) is 9.15 Å². The first-order valence-electron chi connectivity index (χ1n) is 11.2. The second-order valence-electron chi connectivity index (χ2n) is 8.40. The van der Waals surface area contributed by atoms with E-state index in [1.165, 1.54) is 19.3 Å². The number of hydrogen-bond donors (Lipinski definition) is 2. The number of nitrogens with one attached hydrogen (secondary N) is 2. The van der Waals surface area contributed by atoms with Gasteiger partial charge in [0.2, 0.25) is 5.91 Å². The molecule has 162 valence electrons. The van der Waals surface area contributed by atoms with Gasteiger partial charge in [0.1, 0.15) is 5.76 Å². The Balaban J connectivity index is 1.36. The van der Waals surface area contributed by atoms with Gasteiger partial charge in [0.05, 0.1) is 32.1 Å². The summed E-state index contributed by atoms with van der Waals surface area (Å²) in [6, 6.07) is 13.8. The van der Waals surface area contributed by atoms with Crippen LogP contribution in [-0.2, 0) is 9.53 Å². The van der Waals surface area contributed by atoms with Crippen LogP contribution in [0.2, 0.25) is 0 Å². The van der Waals surface area contributed by atoms with Crippen LogP contribution in [0.1, 0.15) is 49.5 Å². The fourth-order valence-electron chi connectivity index (χ4n) is 4.86. The molecule has 1 amide bonds. The molecule has 0 spiro atoms. The van der Waals surface area contributed by atoms with Gasteiger partial charge in [-0.05, 0) is 30.5 Å². The van der Waals surface area contributed by atoms with Crippen molar-refractivity contribution in [1.82, 2.24) is 15.5 Å². The monoisotopic (exact) mass is 411 g/mol. The molecule has 1 saturated carbocycles. The Morgan fingerprint density at radius 1 is 1.03 bits per heavy atom. The van der Waals surface area contributed by atoms with E-state index in [9.17, 15) is 4.79 Å². The molecule has 1 aromatic carbocycles. The van der Waals surface area contributed by atoms with Crippen molar-refractivity contribution in [1.29, 1.82) is 0 Å². The number of nitrogens with zero attached hydrogens (tertiary/aromatic N) is 1. The van der Waals surface area contributed by atoms with Crippen LogP contribution in [0.5, 0.6) is 0 Å². The minimum Gasteiger partial charge on any atom is -0.467 e. The predicted octanol–water partition coefficient (Wildman–Crippen LogP) is 3.11. The molecule has 4 rings (SSSR count).